The molecule has 3 heterocycles. The van der Waals surface area contributed by atoms with Crippen LogP contribution in [0.15, 0.2) is 12.1 Å². The maximum atomic E-state index is 12.4. The van der Waals surface area contributed by atoms with Crippen molar-refractivity contribution >= 4 is 31.9 Å². The van der Waals surface area contributed by atoms with Gasteiger partial charge in [0.2, 0.25) is 5.88 Å². The van der Waals surface area contributed by atoms with E-state index in [1.165, 1.54) is 4.90 Å². The van der Waals surface area contributed by atoms with Gasteiger partial charge < -0.3 is 19.2 Å². The van der Waals surface area contributed by atoms with Gasteiger partial charge in [-0.25, -0.2) is 9.59 Å². The van der Waals surface area contributed by atoms with Gasteiger partial charge in [-0.3, -0.25) is 4.90 Å². The lowest BCUT2D eigenvalue weighted by molar-refractivity contribution is -0.133. The summed E-state index contributed by atoms with van der Waals surface area (Å²) in [6, 6.07) is 3.46. The normalized spacial score (nSPS) is 20.9. The summed E-state index contributed by atoms with van der Waals surface area (Å²) in [5, 5.41) is 3.05. The monoisotopic (exact) mass is 407 g/mol. The van der Waals surface area contributed by atoms with E-state index < -0.39 is 20.4 Å². The zero-order chi connectivity index (χ0) is 20.7. The largest absolute Gasteiger partial charge is 0.444 e. The van der Waals surface area contributed by atoms with Crippen LogP contribution in [0.5, 0.6) is 5.88 Å². The highest BCUT2D eigenvalue weighted by Gasteiger charge is 2.40. The number of amides is 1. The van der Waals surface area contributed by atoms with Crippen molar-refractivity contribution in [3.63, 3.8) is 0 Å². The molecule has 1 N–H and O–H groups in total. The molecular formula is C19H29N3O5Si. The van der Waals surface area contributed by atoms with Crippen molar-refractivity contribution in [2.45, 2.75) is 64.5 Å². The minimum atomic E-state index is -1.88. The number of carbonyl (C=O) groups is 2. The molecule has 1 amide bonds. The Balaban J connectivity index is 1.64. The third-order valence-corrected chi connectivity index (χ3v) is 10.1. The molecule has 0 aromatic carbocycles. The molecule has 2 aliphatic rings. The summed E-state index contributed by atoms with van der Waals surface area (Å²) < 4.78 is 17.0. The van der Waals surface area contributed by atoms with Crippen molar-refractivity contribution in [1.82, 2.24) is 4.98 Å². The molecule has 0 saturated carbocycles. The van der Waals surface area contributed by atoms with Gasteiger partial charge in [-0.1, -0.05) is 20.8 Å². The summed E-state index contributed by atoms with van der Waals surface area (Å²) in [5.41, 5.74) is 0.629. The van der Waals surface area contributed by atoms with Crippen LogP contribution in [0, 0.1) is 0 Å². The number of carbonyl (C=O) groups excluding carboxylic acids is 2. The van der Waals surface area contributed by atoms with Crippen LogP contribution in [-0.2, 0) is 14.0 Å². The van der Waals surface area contributed by atoms with E-state index in [1.807, 2.05) is 6.92 Å². The first-order chi connectivity index (χ1) is 13.0. The van der Waals surface area contributed by atoms with E-state index in [-0.39, 0.29) is 29.7 Å². The Bertz CT molecular complexity index is 777. The molecule has 1 fully saturated rings. The summed E-state index contributed by atoms with van der Waals surface area (Å²) >= 11 is 0. The molecule has 2 unspecified atom stereocenters. The fourth-order valence-corrected chi connectivity index (χ4v) is 4.49. The van der Waals surface area contributed by atoms with Gasteiger partial charge in [-0.15, -0.1) is 0 Å². The number of fused-ring (bicyclic) bond motifs is 1. The van der Waals surface area contributed by atoms with Crippen molar-refractivity contribution in [2.75, 3.05) is 23.3 Å². The summed E-state index contributed by atoms with van der Waals surface area (Å²) in [4.78, 5) is 29.6. The van der Waals surface area contributed by atoms with E-state index in [4.69, 9.17) is 13.9 Å². The Hall–Kier alpha value is -2.13. The van der Waals surface area contributed by atoms with Crippen LogP contribution in [0.25, 0.3) is 0 Å². The van der Waals surface area contributed by atoms with E-state index in [0.29, 0.717) is 24.5 Å². The highest BCUT2D eigenvalue weighted by molar-refractivity contribution is 6.74. The van der Waals surface area contributed by atoms with Gasteiger partial charge >= 0.3 is 12.1 Å². The third-order valence-electron chi connectivity index (χ3n) is 5.53. The predicted octanol–water partition coefficient (Wildman–Crippen LogP) is 3.54. The van der Waals surface area contributed by atoms with Crippen LogP contribution < -0.4 is 15.0 Å². The molecule has 9 heteroatoms. The number of cyclic esters (lactones) is 1. The van der Waals surface area contributed by atoms with E-state index in [1.54, 1.807) is 12.1 Å². The maximum Gasteiger partial charge on any atom is 0.415 e. The SMILES string of the molecule is CC(CC1CN(c2ccc3c(n2)OC(=O)CN3)C(=O)O1)O[Si](C)(C)C(C)(C)C. The highest BCUT2D eigenvalue weighted by Crippen LogP contribution is 2.38. The second kappa shape index (κ2) is 7.36. The fourth-order valence-electron chi connectivity index (χ4n) is 3.03. The summed E-state index contributed by atoms with van der Waals surface area (Å²) in [7, 11) is -1.88. The van der Waals surface area contributed by atoms with Gasteiger partial charge in [0.05, 0.1) is 12.2 Å². The second-order valence-electron chi connectivity index (χ2n) is 8.89. The number of ether oxygens (including phenoxy) is 2. The Kier molecular flexibility index (Phi) is 5.41. The molecule has 8 nitrogen and oxygen atoms in total. The Morgan fingerprint density at radius 1 is 1.36 bits per heavy atom. The quantitative estimate of drug-likeness (QED) is 0.590. The van der Waals surface area contributed by atoms with E-state index >= 15 is 0 Å². The number of hydrogen-bond donors (Lipinski definition) is 1. The van der Waals surface area contributed by atoms with Crippen molar-refractivity contribution < 1.29 is 23.5 Å². The van der Waals surface area contributed by atoms with Gasteiger partial charge in [0, 0.05) is 12.5 Å². The first kappa shape index (κ1) is 20.6. The Morgan fingerprint density at radius 2 is 2.07 bits per heavy atom. The van der Waals surface area contributed by atoms with E-state index in [9.17, 15) is 9.59 Å². The molecule has 1 aromatic rings. The van der Waals surface area contributed by atoms with Crippen LogP contribution in [0.2, 0.25) is 18.1 Å². The fraction of sp³-hybridized carbons (Fsp3) is 0.632. The van der Waals surface area contributed by atoms with Crippen molar-refractivity contribution in [1.29, 1.82) is 0 Å². The van der Waals surface area contributed by atoms with Gasteiger partial charge in [0.25, 0.3) is 0 Å². The van der Waals surface area contributed by atoms with Gasteiger partial charge in [-0.2, -0.15) is 4.98 Å². The number of pyridine rings is 1. The minimum absolute atomic E-state index is 0.0136. The maximum absolute atomic E-state index is 12.4. The third kappa shape index (κ3) is 4.30. The standard InChI is InChI=1S/C19H29N3O5Si/c1-12(27-28(5,6)19(2,3)4)9-13-11-22(18(24)25-13)15-8-7-14-17(21-15)26-16(23)10-20-14/h7-8,12-13,20H,9-11H2,1-6H3. The lowest BCUT2D eigenvalue weighted by Crippen LogP contribution is -2.44. The van der Waals surface area contributed by atoms with Crippen LogP contribution in [0.3, 0.4) is 0 Å². The van der Waals surface area contributed by atoms with Crippen molar-refractivity contribution in [3.8, 4) is 5.88 Å². The number of nitrogens with one attached hydrogen (secondary N) is 1. The van der Waals surface area contributed by atoms with E-state index in [0.717, 1.165) is 0 Å². The molecule has 1 aromatic heterocycles. The smallest absolute Gasteiger partial charge is 0.415 e. The summed E-state index contributed by atoms with van der Waals surface area (Å²) in [5.74, 6) is 0.177. The molecule has 0 bridgehead atoms. The number of esters is 1. The predicted molar refractivity (Wildman–Crippen MR) is 108 cm³/mol. The average Bonchev–Trinajstić information content (AvgIpc) is 2.92. The minimum Gasteiger partial charge on any atom is -0.444 e. The van der Waals surface area contributed by atoms with Gasteiger partial charge in [0.15, 0.2) is 8.32 Å². The molecule has 28 heavy (non-hydrogen) atoms. The number of rotatable bonds is 5. The van der Waals surface area contributed by atoms with Crippen LogP contribution in [0.4, 0.5) is 16.3 Å². The molecule has 1 saturated heterocycles. The first-order valence-electron chi connectivity index (χ1n) is 9.58. The lowest BCUT2D eigenvalue weighted by Gasteiger charge is -2.38. The average molecular weight is 408 g/mol. The van der Waals surface area contributed by atoms with Gasteiger partial charge in [0.1, 0.15) is 18.5 Å². The zero-order valence-corrected chi connectivity index (χ0v) is 18.4. The number of aromatic nitrogens is 1. The number of nitrogens with zero attached hydrogens (tertiary/aromatic N) is 2. The molecule has 154 valence electrons. The van der Waals surface area contributed by atoms with Crippen LogP contribution >= 0.6 is 0 Å². The van der Waals surface area contributed by atoms with Crippen molar-refractivity contribution in [2.24, 2.45) is 0 Å². The van der Waals surface area contributed by atoms with Crippen LogP contribution in [0.1, 0.15) is 34.1 Å². The lowest BCUT2D eigenvalue weighted by atomic mass is 10.2. The number of anilines is 2. The molecule has 2 aliphatic heterocycles. The zero-order valence-electron chi connectivity index (χ0n) is 17.4. The molecule has 2 atom stereocenters. The highest BCUT2D eigenvalue weighted by atomic mass is 28.4. The Morgan fingerprint density at radius 3 is 2.75 bits per heavy atom. The molecular weight excluding hydrogens is 378 g/mol. The van der Waals surface area contributed by atoms with E-state index in [2.05, 4.69) is 44.2 Å². The van der Waals surface area contributed by atoms with Gasteiger partial charge in [-0.05, 0) is 37.2 Å². The summed E-state index contributed by atoms with van der Waals surface area (Å²) in [6.45, 7) is 13.5. The summed E-state index contributed by atoms with van der Waals surface area (Å²) in [6.07, 6.45) is -0.117. The first-order valence-corrected chi connectivity index (χ1v) is 12.5. The molecule has 0 aliphatic carbocycles. The van der Waals surface area contributed by atoms with Crippen molar-refractivity contribution in [3.05, 3.63) is 12.1 Å². The molecule has 3 rings (SSSR count). The molecule has 0 spiro atoms. The Labute approximate surface area is 166 Å². The van der Waals surface area contributed by atoms with Crippen LogP contribution in [-0.4, -0.2) is 50.7 Å². The second-order valence-corrected chi connectivity index (χ2v) is 13.6. The molecule has 0 radical (unpaired) electrons. The topological polar surface area (TPSA) is 90.0 Å². The number of hydrogen-bond acceptors (Lipinski definition) is 7.